The fourth-order valence-electron chi connectivity index (χ4n) is 2.12. The molecule has 0 N–H and O–H groups in total. The zero-order valence-corrected chi connectivity index (χ0v) is 15.6. The van der Waals surface area contributed by atoms with Crippen LogP contribution in [0.2, 0.25) is 0 Å². The number of benzene rings is 2. The average molecular weight is 471 g/mol. The Morgan fingerprint density at radius 1 is 0.857 bits per heavy atom. The fraction of sp³-hybridized carbons (Fsp3) is 0.250. The van der Waals surface area contributed by atoms with Gasteiger partial charge in [-0.2, -0.15) is 13.2 Å². The summed E-state index contributed by atoms with van der Waals surface area (Å²) in [5, 5.41) is 0. The molecule has 0 amide bonds. The second kappa shape index (κ2) is 7.13. The molecule has 0 aliphatic heterocycles. The molecule has 2 aromatic carbocycles. The molecule has 0 radical (unpaired) electrons. The summed E-state index contributed by atoms with van der Waals surface area (Å²) in [7, 11) is 0. The highest BCUT2D eigenvalue weighted by molar-refractivity contribution is 5.27. The van der Waals surface area contributed by atoms with Gasteiger partial charge in [-0.15, -0.1) is 0 Å². The molecule has 5 heteroatoms. The van der Waals surface area contributed by atoms with Crippen LogP contribution in [-0.2, 0) is 6.18 Å². The lowest BCUT2D eigenvalue weighted by Crippen LogP contribution is -3.62. The van der Waals surface area contributed by atoms with Crippen LogP contribution in [0.1, 0.15) is 22.3 Å². The third-order valence-electron chi connectivity index (χ3n) is 2.96. The van der Waals surface area contributed by atoms with Crippen LogP contribution in [0, 0.1) is 27.9 Å². The van der Waals surface area contributed by atoms with Crippen LogP contribution in [-0.4, -0.2) is 0 Å². The highest BCUT2D eigenvalue weighted by Crippen LogP contribution is 2.28. The molecule has 0 atom stereocenters. The molecule has 0 saturated carbocycles. The van der Waals surface area contributed by atoms with E-state index < -0.39 is 32.9 Å². The smallest absolute Gasteiger partial charge is 0.416 e. The first kappa shape index (κ1) is 18.5. The van der Waals surface area contributed by atoms with Gasteiger partial charge in [-0.25, -0.2) is 0 Å². The number of halogens is 5. The first-order valence-electron chi connectivity index (χ1n) is 6.17. The molecular weight excluding hydrogens is 456 g/mol. The molecule has 0 aliphatic rings. The maximum Gasteiger partial charge on any atom is 0.416 e. The van der Waals surface area contributed by atoms with E-state index in [0.29, 0.717) is 0 Å². The van der Waals surface area contributed by atoms with Crippen molar-refractivity contribution >= 4 is 0 Å². The minimum absolute atomic E-state index is 0. The number of hydrogen-bond donors (Lipinski definition) is 0. The van der Waals surface area contributed by atoms with Crippen molar-refractivity contribution < 1.29 is 51.4 Å². The Morgan fingerprint density at radius 3 is 1.76 bits per heavy atom. The molecule has 0 fully saturated rings. The molecule has 0 bridgehead atoms. The lowest BCUT2D eigenvalue weighted by Gasteiger charge is -2.05. The molecule has 0 aromatic heterocycles. The maximum atomic E-state index is 12.5. The minimum Gasteiger partial charge on any atom is -1.00 e. The van der Waals surface area contributed by atoms with Gasteiger partial charge in [-0.05, 0) is 45.0 Å². The third kappa shape index (κ3) is 4.71. The summed E-state index contributed by atoms with van der Waals surface area (Å²) in [5.41, 5.74) is 3.10. The predicted molar refractivity (Wildman–Crippen MR) is 69.5 cm³/mol. The van der Waals surface area contributed by atoms with Gasteiger partial charge in [0.15, 0.2) is 7.14 Å². The van der Waals surface area contributed by atoms with Crippen molar-refractivity contribution in [2.75, 3.05) is 0 Å². The molecule has 0 heterocycles. The number of hydrogen-bond acceptors (Lipinski definition) is 0. The van der Waals surface area contributed by atoms with Crippen LogP contribution in [0.5, 0.6) is 0 Å². The van der Waals surface area contributed by atoms with Crippen molar-refractivity contribution in [3.05, 3.63) is 65.8 Å². The van der Waals surface area contributed by atoms with Crippen molar-refractivity contribution in [1.82, 2.24) is 0 Å². The minimum atomic E-state index is -4.26. The van der Waals surface area contributed by atoms with Crippen molar-refractivity contribution in [1.29, 1.82) is 0 Å². The summed E-state index contributed by atoms with van der Waals surface area (Å²) in [6.45, 7) is 6.19. The lowest BCUT2D eigenvalue weighted by atomic mass is 10.1. The maximum absolute atomic E-state index is 12.5. The third-order valence-corrected chi connectivity index (χ3v) is 6.54. The van der Waals surface area contributed by atoms with Crippen molar-refractivity contribution in [3.8, 4) is 0 Å². The zero-order chi connectivity index (χ0) is 14.9. The van der Waals surface area contributed by atoms with E-state index in [1.54, 1.807) is 12.1 Å². The van der Waals surface area contributed by atoms with Gasteiger partial charge in [0, 0.05) is 11.1 Å². The van der Waals surface area contributed by atoms with E-state index in [1.165, 1.54) is 32.4 Å². The predicted octanol–water partition coefficient (Wildman–Crippen LogP) is -1.24. The topological polar surface area (TPSA) is 0 Å². The van der Waals surface area contributed by atoms with E-state index in [4.69, 9.17) is 0 Å². The van der Waals surface area contributed by atoms with Gasteiger partial charge in [0.05, 0.1) is 5.56 Å². The van der Waals surface area contributed by atoms with Crippen LogP contribution >= 0.6 is 0 Å². The molecule has 0 nitrogen and oxygen atoms in total. The Bertz CT molecular complexity index is 595. The molecule has 21 heavy (non-hydrogen) atoms. The summed E-state index contributed by atoms with van der Waals surface area (Å²) in [4.78, 5) is 0. The Balaban J connectivity index is 0.00000220. The Morgan fingerprint density at radius 2 is 1.33 bits per heavy atom. The Labute approximate surface area is 143 Å². The highest BCUT2D eigenvalue weighted by Gasteiger charge is 2.31. The Kier molecular flexibility index (Phi) is 6.28. The highest BCUT2D eigenvalue weighted by atomic mass is 127. The van der Waals surface area contributed by atoms with Crippen molar-refractivity contribution in [2.45, 2.75) is 26.9 Å². The van der Waals surface area contributed by atoms with Gasteiger partial charge >= 0.3 is 27.4 Å². The molecule has 0 unspecified atom stereocenters. The number of rotatable bonds is 2. The fourth-order valence-corrected chi connectivity index (χ4v) is 4.63. The monoisotopic (exact) mass is 470 g/mol. The molecule has 0 saturated heterocycles. The van der Waals surface area contributed by atoms with Crippen LogP contribution in [0.4, 0.5) is 13.2 Å². The van der Waals surface area contributed by atoms with Gasteiger partial charge in [-0.1, -0.05) is 17.7 Å². The van der Waals surface area contributed by atoms with E-state index >= 15 is 0 Å². The second-order valence-corrected chi connectivity index (χ2v) is 7.68. The quantitative estimate of drug-likeness (QED) is 0.482. The molecular formula is C16H15BrF3I. The van der Waals surface area contributed by atoms with Crippen LogP contribution in [0.3, 0.4) is 0 Å². The van der Waals surface area contributed by atoms with Crippen LogP contribution in [0.15, 0.2) is 36.4 Å². The van der Waals surface area contributed by atoms with E-state index in [0.717, 1.165) is 3.57 Å². The van der Waals surface area contributed by atoms with E-state index in [1.807, 2.05) is 0 Å². The summed E-state index contributed by atoms with van der Waals surface area (Å²) in [6, 6.07) is 9.82. The largest absolute Gasteiger partial charge is 1.00 e. The molecule has 2 aromatic rings. The first-order valence-corrected chi connectivity index (χ1v) is 8.33. The van der Waals surface area contributed by atoms with Gasteiger partial charge in [0.2, 0.25) is 0 Å². The van der Waals surface area contributed by atoms with Crippen LogP contribution in [0.25, 0.3) is 0 Å². The Hall–Kier alpha value is -0.560. The molecule has 0 aliphatic carbocycles. The SMILES string of the molecule is Cc1cc(C)c([I+]c2ccc(C(F)(F)F)cc2)c(C)c1.[Br-]. The standard InChI is InChI=1S/C16H15F3I.BrH/c1-10-8-11(2)15(12(3)9-10)20-14-6-4-13(5-7-14)16(17,18)19;/h4-9H,1-3H3;1H/q+1;/p-1. The van der Waals surface area contributed by atoms with Crippen LogP contribution < -0.4 is 38.2 Å². The molecule has 114 valence electrons. The van der Waals surface area contributed by atoms with Gasteiger partial charge in [0.25, 0.3) is 0 Å². The van der Waals surface area contributed by atoms with E-state index in [-0.39, 0.29) is 17.0 Å². The van der Waals surface area contributed by atoms with Gasteiger partial charge in [0.1, 0.15) is 0 Å². The first-order chi connectivity index (χ1) is 9.27. The summed E-state index contributed by atoms with van der Waals surface area (Å²) in [6.07, 6.45) is -4.26. The normalized spacial score (nSPS) is 11.1. The van der Waals surface area contributed by atoms with Gasteiger partial charge < -0.3 is 17.0 Å². The van der Waals surface area contributed by atoms with Crippen molar-refractivity contribution in [2.24, 2.45) is 0 Å². The number of alkyl halides is 3. The average Bonchev–Trinajstić information content (AvgIpc) is 2.33. The van der Waals surface area contributed by atoms with E-state index in [2.05, 4.69) is 32.9 Å². The molecule has 2 rings (SSSR count). The van der Waals surface area contributed by atoms with E-state index in [9.17, 15) is 13.2 Å². The lowest BCUT2D eigenvalue weighted by molar-refractivity contribution is -0.598. The summed E-state index contributed by atoms with van der Waals surface area (Å²) >= 11 is -0.444. The summed E-state index contributed by atoms with van der Waals surface area (Å²) in [5.74, 6) is 0. The zero-order valence-electron chi connectivity index (χ0n) is 11.9. The number of aryl methyl sites for hydroxylation is 3. The second-order valence-electron chi connectivity index (χ2n) is 4.81. The van der Waals surface area contributed by atoms with Crippen molar-refractivity contribution in [3.63, 3.8) is 0 Å². The molecule has 0 spiro atoms. The van der Waals surface area contributed by atoms with Gasteiger partial charge in [-0.3, -0.25) is 0 Å². The summed E-state index contributed by atoms with van der Waals surface area (Å²) < 4.78 is 39.9.